The minimum Gasteiger partial charge on any atom is -0.381 e. The standard InChI is InChI=1S/C24H38FN5O2.HI/c1-3-26-24(28(2)13-9-20-10-18-32-19-11-20)27-12-8-23(31)30-16-14-29(15-17-30)22-6-4-21(25)5-7-22;/h4-7,20H,3,8-19H2,1-2H3,(H,26,27);1H. The summed E-state index contributed by atoms with van der Waals surface area (Å²) in [7, 11) is 2.07. The van der Waals surface area contributed by atoms with Crippen LogP contribution in [0.2, 0.25) is 0 Å². The predicted molar refractivity (Wildman–Crippen MR) is 142 cm³/mol. The number of rotatable bonds is 8. The Balaban J connectivity index is 0.00000385. The quantitative estimate of drug-likeness (QED) is 0.293. The van der Waals surface area contributed by atoms with E-state index in [0.717, 1.165) is 76.2 Å². The van der Waals surface area contributed by atoms with Crippen LogP contribution < -0.4 is 10.2 Å². The molecule has 2 fully saturated rings. The number of ether oxygens (including phenoxy) is 1. The Morgan fingerprint density at radius 2 is 1.85 bits per heavy atom. The number of guanidine groups is 1. The van der Waals surface area contributed by atoms with Gasteiger partial charge in [0.05, 0.1) is 6.54 Å². The van der Waals surface area contributed by atoms with Crippen LogP contribution in [0.1, 0.15) is 32.6 Å². The second-order valence-corrected chi connectivity index (χ2v) is 8.60. The lowest BCUT2D eigenvalue weighted by Gasteiger charge is -2.36. The lowest BCUT2D eigenvalue weighted by atomic mass is 9.96. The van der Waals surface area contributed by atoms with Crippen LogP contribution in [0.4, 0.5) is 10.1 Å². The van der Waals surface area contributed by atoms with Crippen LogP contribution in [-0.4, -0.2) is 87.7 Å². The number of nitrogens with zero attached hydrogens (tertiary/aromatic N) is 4. The average molecular weight is 576 g/mol. The summed E-state index contributed by atoms with van der Waals surface area (Å²) >= 11 is 0. The number of hydrogen-bond acceptors (Lipinski definition) is 4. The molecule has 0 bridgehead atoms. The van der Waals surface area contributed by atoms with Crippen LogP contribution in [0.5, 0.6) is 0 Å². The van der Waals surface area contributed by atoms with E-state index in [4.69, 9.17) is 9.73 Å². The van der Waals surface area contributed by atoms with E-state index in [-0.39, 0.29) is 35.7 Å². The molecule has 0 aliphatic carbocycles. The second kappa shape index (κ2) is 14.6. The summed E-state index contributed by atoms with van der Waals surface area (Å²) < 4.78 is 18.6. The highest BCUT2D eigenvalue weighted by Crippen LogP contribution is 2.19. The molecule has 1 aromatic carbocycles. The Labute approximate surface area is 214 Å². The molecule has 2 saturated heterocycles. The highest BCUT2D eigenvalue weighted by Gasteiger charge is 2.21. The number of piperazine rings is 1. The molecule has 0 atom stereocenters. The molecule has 2 aliphatic heterocycles. The molecule has 1 amide bonds. The molecule has 2 heterocycles. The zero-order valence-corrected chi connectivity index (χ0v) is 22.3. The van der Waals surface area contributed by atoms with Crippen molar-refractivity contribution in [2.75, 3.05) is 71.0 Å². The van der Waals surface area contributed by atoms with Gasteiger partial charge in [0, 0.05) is 71.6 Å². The second-order valence-electron chi connectivity index (χ2n) is 8.60. The van der Waals surface area contributed by atoms with Gasteiger partial charge in [0.2, 0.25) is 5.91 Å². The van der Waals surface area contributed by atoms with E-state index in [9.17, 15) is 9.18 Å². The van der Waals surface area contributed by atoms with Gasteiger partial charge in [0.15, 0.2) is 5.96 Å². The number of nitrogens with one attached hydrogen (secondary N) is 1. The number of benzene rings is 1. The first-order chi connectivity index (χ1) is 15.6. The van der Waals surface area contributed by atoms with Crippen molar-refractivity contribution in [3.63, 3.8) is 0 Å². The Morgan fingerprint density at radius 1 is 1.18 bits per heavy atom. The lowest BCUT2D eigenvalue weighted by molar-refractivity contribution is -0.131. The molecule has 0 radical (unpaired) electrons. The van der Waals surface area contributed by atoms with Gasteiger partial charge in [0.25, 0.3) is 0 Å². The summed E-state index contributed by atoms with van der Waals surface area (Å²) in [5.74, 6) is 1.51. The van der Waals surface area contributed by atoms with Gasteiger partial charge in [-0.05, 0) is 56.4 Å². The molecular formula is C24H39FIN5O2. The molecule has 186 valence electrons. The normalized spacial score (nSPS) is 17.5. The van der Waals surface area contributed by atoms with E-state index >= 15 is 0 Å². The summed E-state index contributed by atoms with van der Waals surface area (Å²) in [5, 5.41) is 3.34. The molecule has 9 heteroatoms. The van der Waals surface area contributed by atoms with Crippen LogP contribution in [0.15, 0.2) is 29.3 Å². The maximum atomic E-state index is 13.1. The minimum absolute atomic E-state index is 0. The SMILES string of the molecule is CCNC(=NCCC(=O)N1CCN(c2ccc(F)cc2)CC1)N(C)CCC1CCOCC1.I. The van der Waals surface area contributed by atoms with Gasteiger partial charge in [-0.3, -0.25) is 9.79 Å². The number of carbonyl (C=O) groups is 1. The summed E-state index contributed by atoms with van der Waals surface area (Å²) in [5.41, 5.74) is 1.00. The zero-order chi connectivity index (χ0) is 22.8. The minimum atomic E-state index is -0.228. The molecule has 0 spiro atoms. The molecule has 3 rings (SSSR count). The fraction of sp³-hybridized carbons (Fsp3) is 0.667. The smallest absolute Gasteiger partial charge is 0.224 e. The molecule has 33 heavy (non-hydrogen) atoms. The molecule has 1 N–H and O–H groups in total. The molecule has 1 aromatic rings. The summed E-state index contributed by atoms with van der Waals surface area (Å²) in [6, 6.07) is 6.55. The number of anilines is 1. The van der Waals surface area contributed by atoms with E-state index in [2.05, 4.69) is 29.1 Å². The number of carbonyl (C=O) groups excluding carboxylic acids is 1. The van der Waals surface area contributed by atoms with Crippen molar-refractivity contribution in [3.05, 3.63) is 30.1 Å². The largest absolute Gasteiger partial charge is 0.381 e. The first kappa shape index (κ1) is 27.6. The lowest BCUT2D eigenvalue weighted by Crippen LogP contribution is -2.49. The van der Waals surface area contributed by atoms with Gasteiger partial charge in [-0.15, -0.1) is 24.0 Å². The molecule has 0 aromatic heterocycles. The van der Waals surface area contributed by atoms with Crippen molar-refractivity contribution < 1.29 is 13.9 Å². The van der Waals surface area contributed by atoms with Gasteiger partial charge in [-0.2, -0.15) is 0 Å². The number of hydrogen-bond donors (Lipinski definition) is 1. The maximum absolute atomic E-state index is 13.1. The van der Waals surface area contributed by atoms with Gasteiger partial charge >= 0.3 is 0 Å². The number of aliphatic imine (C=N–C) groups is 1. The third kappa shape index (κ3) is 8.92. The molecule has 0 saturated carbocycles. The molecule has 7 nitrogen and oxygen atoms in total. The third-order valence-electron chi connectivity index (χ3n) is 6.32. The summed E-state index contributed by atoms with van der Waals surface area (Å²) in [4.78, 5) is 23.6. The van der Waals surface area contributed by atoms with Crippen LogP contribution in [0, 0.1) is 11.7 Å². The van der Waals surface area contributed by atoms with E-state index in [1.165, 1.54) is 12.1 Å². The fourth-order valence-electron chi connectivity index (χ4n) is 4.27. The average Bonchev–Trinajstić information content (AvgIpc) is 2.83. The topological polar surface area (TPSA) is 60.4 Å². The van der Waals surface area contributed by atoms with Gasteiger partial charge < -0.3 is 24.8 Å². The highest BCUT2D eigenvalue weighted by atomic mass is 127. The van der Waals surface area contributed by atoms with Crippen molar-refractivity contribution in [2.24, 2.45) is 10.9 Å². The predicted octanol–water partition coefficient (Wildman–Crippen LogP) is 3.20. The third-order valence-corrected chi connectivity index (χ3v) is 6.32. The van der Waals surface area contributed by atoms with Crippen molar-refractivity contribution in [3.8, 4) is 0 Å². The highest BCUT2D eigenvalue weighted by molar-refractivity contribution is 14.0. The fourth-order valence-corrected chi connectivity index (χ4v) is 4.27. The van der Waals surface area contributed by atoms with Crippen molar-refractivity contribution in [1.82, 2.24) is 15.1 Å². The maximum Gasteiger partial charge on any atom is 0.224 e. The van der Waals surface area contributed by atoms with Gasteiger partial charge in [-0.25, -0.2) is 4.39 Å². The van der Waals surface area contributed by atoms with Crippen LogP contribution in [0.25, 0.3) is 0 Å². The zero-order valence-electron chi connectivity index (χ0n) is 20.0. The van der Waals surface area contributed by atoms with Crippen LogP contribution >= 0.6 is 24.0 Å². The van der Waals surface area contributed by atoms with E-state index in [1.54, 1.807) is 12.1 Å². The Morgan fingerprint density at radius 3 is 2.48 bits per heavy atom. The first-order valence-corrected chi connectivity index (χ1v) is 11.9. The summed E-state index contributed by atoms with van der Waals surface area (Å²) in [6.45, 7) is 8.96. The Kier molecular flexibility index (Phi) is 12.2. The first-order valence-electron chi connectivity index (χ1n) is 11.9. The number of halogens is 2. The van der Waals surface area contributed by atoms with Gasteiger partial charge in [0.1, 0.15) is 5.82 Å². The van der Waals surface area contributed by atoms with Crippen molar-refractivity contribution in [2.45, 2.75) is 32.6 Å². The van der Waals surface area contributed by atoms with E-state index < -0.39 is 0 Å². The molecule has 2 aliphatic rings. The molecular weight excluding hydrogens is 536 g/mol. The van der Waals surface area contributed by atoms with Crippen molar-refractivity contribution in [1.29, 1.82) is 0 Å². The van der Waals surface area contributed by atoms with Crippen molar-refractivity contribution >= 4 is 41.5 Å². The Hall–Kier alpha value is -1.62. The Bertz CT molecular complexity index is 735. The van der Waals surface area contributed by atoms with E-state index in [1.807, 2.05) is 4.90 Å². The van der Waals surface area contributed by atoms with E-state index in [0.29, 0.717) is 26.1 Å². The van der Waals surface area contributed by atoms with Crippen LogP contribution in [-0.2, 0) is 9.53 Å². The van der Waals surface area contributed by atoms with Gasteiger partial charge in [-0.1, -0.05) is 0 Å². The summed E-state index contributed by atoms with van der Waals surface area (Å²) in [6.07, 6.45) is 3.84. The molecule has 0 unspecified atom stereocenters. The van der Waals surface area contributed by atoms with Crippen LogP contribution in [0.3, 0.4) is 0 Å². The number of amides is 1. The monoisotopic (exact) mass is 575 g/mol.